The van der Waals surface area contributed by atoms with Gasteiger partial charge in [0.25, 0.3) is 0 Å². The van der Waals surface area contributed by atoms with Crippen molar-refractivity contribution >= 4 is 5.91 Å². The zero-order valence-electron chi connectivity index (χ0n) is 14.2. The molecule has 0 spiro atoms. The number of hydrogen-bond acceptors (Lipinski definition) is 1. The SMILES string of the molecule is C=CCCC(=O)N1CCC(Cc2ccc(-n3cccc3)cc2)CC1. The zero-order chi connectivity index (χ0) is 16.8. The zero-order valence-corrected chi connectivity index (χ0v) is 14.2. The van der Waals surface area contributed by atoms with Gasteiger partial charge in [0.15, 0.2) is 0 Å². The van der Waals surface area contributed by atoms with E-state index in [-0.39, 0.29) is 5.91 Å². The fraction of sp³-hybridized carbons (Fsp3) is 0.381. The van der Waals surface area contributed by atoms with Crippen LogP contribution in [0.1, 0.15) is 31.2 Å². The number of likely N-dealkylation sites (tertiary alicyclic amines) is 1. The first-order valence-corrected chi connectivity index (χ1v) is 8.87. The fourth-order valence-electron chi connectivity index (χ4n) is 3.41. The van der Waals surface area contributed by atoms with Gasteiger partial charge in [-0.3, -0.25) is 4.79 Å². The first kappa shape index (κ1) is 16.6. The van der Waals surface area contributed by atoms with E-state index in [0.717, 1.165) is 38.8 Å². The highest BCUT2D eigenvalue weighted by molar-refractivity contribution is 5.76. The molecule has 1 aromatic heterocycles. The van der Waals surface area contributed by atoms with Gasteiger partial charge < -0.3 is 9.47 Å². The van der Waals surface area contributed by atoms with Gasteiger partial charge >= 0.3 is 0 Å². The standard InChI is InChI=1S/C21H26N2O/c1-2-3-6-21(24)23-15-11-19(12-16-23)17-18-7-9-20(10-8-18)22-13-4-5-14-22/h2,4-5,7-10,13-14,19H,1,3,6,11-12,15-17H2. The van der Waals surface area contributed by atoms with Crippen molar-refractivity contribution in [2.24, 2.45) is 5.92 Å². The van der Waals surface area contributed by atoms with Gasteiger partial charge in [-0.2, -0.15) is 0 Å². The lowest BCUT2D eigenvalue weighted by atomic mass is 9.90. The number of carbonyl (C=O) groups is 1. The maximum Gasteiger partial charge on any atom is 0.222 e. The van der Waals surface area contributed by atoms with Crippen molar-refractivity contribution in [1.29, 1.82) is 0 Å². The molecule has 0 saturated carbocycles. The van der Waals surface area contributed by atoms with Crippen LogP contribution in [-0.4, -0.2) is 28.5 Å². The van der Waals surface area contributed by atoms with E-state index in [1.807, 2.05) is 23.1 Å². The Balaban J connectivity index is 1.49. The number of rotatable bonds is 6. The normalized spacial score (nSPS) is 15.4. The summed E-state index contributed by atoms with van der Waals surface area (Å²) in [6, 6.07) is 12.9. The highest BCUT2D eigenvalue weighted by Crippen LogP contribution is 2.23. The number of piperidine rings is 1. The van der Waals surface area contributed by atoms with Crippen LogP contribution in [-0.2, 0) is 11.2 Å². The second-order valence-electron chi connectivity index (χ2n) is 6.61. The lowest BCUT2D eigenvalue weighted by Crippen LogP contribution is -2.38. The third-order valence-corrected chi connectivity index (χ3v) is 4.89. The van der Waals surface area contributed by atoms with E-state index in [2.05, 4.69) is 47.8 Å². The predicted octanol–water partition coefficient (Wildman–Crippen LogP) is 4.22. The first-order valence-electron chi connectivity index (χ1n) is 8.87. The molecule has 0 bridgehead atoms. The molecule has 0 N–H and O–H groups in total. The number of amides is 1. The Morgan fingerprint density at radius 3 is 2.42 bits per heavy atom. The number of hydrogen-bond donors (Lipinski definition) is 0. The smallest absolute Gasteiger partial charge is 0.222 e. The Morgan fingerprint density at radius 2 is 1.79 bits per heavy atom. The van der Waals surface area contributed by atoms with Crippen molar-refractivity contribution in [3.8, 4) is 5.69 Å². The molecule has 2 aromatic rings. The Morgan fingerprint density at radius 1 is 1.12 bits per heavy atom. The molecule has 0 radical (unpaired) electrons. The summed E-state index contributed by atoms with van der Waals surface area (Å²) in [5.74, 6) is 0.968. The third-order valence-electron chi connectivity index (χ3n) is 4.89. The molecule has 0 unspecified atom stereocenters. The lowest BCUT2D eigenvalue weighted by molar-refractivity contribution is -0.132. The van der Waals surface area contributed by atoms with Crippen LogP contribution >= 0.6 is 0 Å². The number of carbonyl (C=O) groups excluding carboxylic acids is 1. The molecule has 1 aliphatic rings. The minimum Gasteiger partial charge on any atom is -0.343 e. The monoisotopic (exact) mass is 322 g/mol. The molecule has 1 aliphatic heterocycles. The summed E-state index contributed by atoms with van der Waals surface area (Å²) in [5.41, 5.74) is 2.59. The Bertz CT molecular complexity index is 650. The number of benzene rings is 1. The van der Waals surface area contributed by atoms with Crippen LogP contribution < -0.4 is 0 Å². The average Bonchev–Trinajstić information content (AvgIpc) is 3.15. The second kappa shape index (κ2) is 8.00. The molecule has 1 aromatic carbocycles. The van der Waals surface area contributed by atoms with Crippen molar-refractivity contribution in [2.45, 2.75) is 32.1 Å². The van der Waals surface area contributed by atoms with Crippen LogP contribution in [0.4, 0.5) is 0 Å². The molecule has 24 heavy (non-hydrogen) atoms. The van der Waals surface area contributed by atoms with E-state index < -0.39 is 0 Å². The van der Waals surface area contributed by atoms with Gasteiger partial charge in [-0.15, -0.1) is 6.58 Å². The predicted molar refractivity (Wildman–Crippen MR) is 98.2 cm³/mol. The quantitative estimate of drug-likeness (QED) is 0.731. The average molecular weight is 322 g/mol. The van der Waals surface area contributed by atoms with E-state index in [9.17, 15) is 4.79 Å². The summed E-state index contributed by atoms with van der Waals surface area (Å²) >= 11 is 0. The highest BCUT2D eigenvalue weighted by Gasteiger charge is 2.22. The van der Waals surface area contributed by atoms with E-state index >= 15 is 0 Å². The van der Waals surface area contributed by atoms with Crippen LogP contribution in [0.5, 0.6) is 0 Å². The number of aromatic nitrogens is 1. The van der Waals surface area contributed by atoms with Gasteiger partial charge in [-0.1, -0.05) is 18.2 Å². The minimum absolute atomic E-state index is 0.282. The maximum absolute atomic E-state index is 12.0. The molecule has 2 heterocycles. The molecule has 1 saturated heterocycles. The fourth-order valence-corrected chi connectivity index (χ4v) is 3.41. The molecule has 126 valence electrons. The second-order valence-corrected chi connectivity index (χ2v) is 6.61. The molecule has 0 aliphatic carbocycles. The van der Waals surface area contributed by atoms with Crippen molar-refractivity contribution in [3.05, 3.63) is 67.0 Å². The molecule has 3 rings (SSSR count). The van der Waals surface area contributed by atoms with Crippen molar-refractivity contribution in [1.82, 2.24) is 9.47 Å². The molecule has 3 heteroatoms. The molecule has 1 fully saturated rings. The summed E-state index contributed by atoms with van der Waals surface area (Å²) < 4.78 is 2.12. The molecule has 1 amide bonds. The van der Waals surface area contributed by atoms with E-state index in [1.54, 1.807) is 0 Å². The first-order chi connectivity index (χ1) is 11.8. The largest absolute Gasteiger partial charge is 0.343 e. The Kier molecular flexibility index (Phi) is 5.52. The molecular weight excluding hydrogens is 296 g/mol. The number of nitrogens with zero attached hydrogens (tertiary/aromatic N) is 2. The summed E-state index contributed by atoms with van der Waals surface area (Å²) in [4.78, 5) is 14.1. The van der Waals surface area contributed by atoms with Crippen molar-refractivity contribution in [3.63, 3.8) is 0 Å². The van der Waals surface area contributed by atoms with Crippen LogP contribution in [0.25, 0.3) is 5.69 Å². The van der Waals surface area contributed by atoms with Gasteiger partial charge in [0, 0.05) is 37.6 Å². The van der Waals surface area contributed by atoms with Gasteiger partial charge in [0.05, 0.1) is 0 Å². The van der Waals surface area contributed by atoms with Crippen LogP contribution in [0.15, 0.2) is 61.4 Å². The maximum atomic E-state index is 12.0. The van der Waals surface area contributed by atoms with Crippen molar-refractivity contribution < 1.29 is 4.79 Å². The van der Waals surface area contributed by atoms with E-state index in [4.69, 9.17) is 0 Å². The van der Waals surface area contributed by atoms with Gasteiger partial charge in [-0.05, 0) is 61.4 Å². The van der Waals surface area contributed by atoms with E-state index in [1.165, 1.54) is 11.3 Å². The van der Waals surface area contributed by atoms with E-state index in [0.29, 0.717) is 12.3 Å². The summed E-state index contributed by atoms with van der Waals surface area (Å²) in [7, 11) is 0. The van der Waals surface area contributed by atoms with Gasteiger partial charge in [-0.25, -0.2) is 0 Å². The minimum atomic E-state index is 0.282. The molecular formula is C21H26N2O. The molecule has 3 nitrogen and oxygen atoms in total. The summed E-state index contributed by atoms with van der Waals surface area (Å²) in [6.45, 7) is 5.50. The van der Waals surface area contributed by atoms with Crippen LogP contribution in [0.3, 0.4) is 0 Å². The van der Waals surface area contributed by atoms with Gasteiger partial charge in [0.2, 0.25) is 5.91 Å². The van der Waals surface area contributed by atoms with Gasteiger partial charge in [0.1, 0.15) is 0 Å². The lowest BCUT2D eigenvalue weighted by Gasteiger charge is -2.32. The Hall–Kier alpha value is -2.29. The third kappa shape index (κ3) is 4.16. The van der Waals surface area contributed by atoms with Crippen LogP contribution in [0.2, 0.25) is 0 Å². The summed E-state index contributed by atoms with van der Waals surface area (Å²) in [5, 5.41) is 0. The molecule has 0 atom stereocenters. The highest BCUT2D eigenvalue weighted by atomic mass is 16.2. The summed E-state index contributed by atoms with van der Waals surface area (Å²) in [6.07, 6.45) is 10.7. The Labute approximate surface area is 144 Å². The number of allylic oxidation sites excluding steroid dienone is 1. The topological polar surface area (TPSA) is 25.2 Å². The van der Waals surface area contributed by atoms with Crippen LogP contribution in [0, 0.1) is 5.92 Å². The van der Waals surface area contributed by atoms with Crippen molar-refractivity contribution in [2.75, 3.05) is 13.1 Å².